The predicted molar refractivity (Wildman–Crippen MR) is 121 cm³/mol. The van der Waals surface area contributed by atoms with Crippen LogP contribution in [0.4, 0.5) is 5.00 Å². The molecule has 4 rings (SSSR count). The summed E-state index contributed by atoms with van der Waals surface area (Å²) in [6.45, 7) is 0.587. The van der Waals surface area contributed by atoms with Gasteiger partial charge in [0.15, 0.2) is 0 Å². The molecule has 2 aromatic rings. The summed E-state index contributed by atoms with van der Waals surface area (Å²) in [7, 11) is 0. The van der Waals surface area contributed by atoms with Gasteiger partial charge in [0.1, 0.15) is 16.7 Å². The van der Waals surface area contributed by atoms with E-state index in [0.29, 0.717) is 23.7 Å². The number of halogens is 1. The zero-order valence-corrected chi connectivity index (χ0v) is 18.5. The first-order valence-electron chi connectivity index (χ1n) is 10.4. The van der Waals surface area contributed by atoms with Gasteiger partial charge in [-0.05, 0) is 31.6 Å². The third-order valence-electron chi connectivity index (χ3n) is 6.05. The lowest BCUT2D eigenvalue weighted by molar-refractivity contribution is -0.139. The van der Waals surface area contributed by atoms with E-state index in [9.17, 15) is 9.59 Å². The molecule has 7 nitrogen and oxygen atoms in total. The molecule has 1 aliphatic carbocycles. The molecule has 0 radical (unpaired) electrons. The van der Waals surface area contributed by atoms with Gasteiger partial charge in [-0.25, -0.2) is 0 Å². The lowest BCUT2D eigenvalue weighted by atomic mass is 9.83. The Hall–Kier alpha value is -2.03. The van der Waals surface area contributed by atoms with Crippen LogP contribution in [0.2, 0.25) is 0 Å². The predicted octanol–water partition coefficient (Wildman–Crippen LogP) is 3.46. The molecule has 2 fully saturated rings. The summed E-state index contributed by atoms with van der Waals surface area (Å²) in [5, 5.41) is 7.73. The van der Waals surface area contributed by atoms with Crippen LogP contribution in [-0.4, -0.2) is 44.9 Å². The molecule has 0 spiro atoms. The van der Waals surface area contributed by atoms with Crippen molar-refractivity contribution in [2.75, 3.05) is 11.9 Å². The molecule has 2 amide bonds. The van der Waals surface area contributed by atoms with Gasteiger partial charge in [-0.15, -0.1) is 17.5 Å². The average molecular weight is 450 g/mol. The van der Waals surface area contributed by atoms with Crippen molar-refractivity contribution >= 4 is 40.8 Å². The highest BCUT2D eigenvalue weighted by molar-refractivity contribution is 7.10. The van der Waals surface area contributed by atoms with Crippen molar-refractivity contribution in [1.29, 1.82) is 0 Å². The van der Waals surface area contributed by atoms with E-state index >= 15 is 0 Å². The molecule has 162 valence electrons. The van der Waals surface area contributed by atoms with E-state index in [1.54, 1.807) is 4.90 Å². The Labute approximate surface area is 187 Å². The van der Waals surface area contributed by atoms with E-state index in [2.05, 4.69) is 14.9 Å². The van der Waals surface area contributed by atoms with E-state index in [4.69, 9.17) is 5.73 Å². The molecular formula is C21H28ClN5O2S. The number of amides is 2. The van der Waals surface area contributed by atoms with Crippen LogP contribution in [0.5, 0.6) is 0 Å². The normalized spacial score (nSPS) is 20.4. The van der Waals surface area contributed by atoms with Gasteiger partial charge in [0.2, 0.25) is 11.8 Å². The second-order valence-electron chi connectivity index (χ2n) is 7.92. The number of carbonyl (C=O) groups excluding carboxylic acids is 2. The molecule has 1 saturated carbocycles. The SMILES string of the molecule is Cl.NC(C(=O)N1CCCC1C(=O)Nc1snnc1-c1ccccc1)C1CCCCC1. The Balaban J connectivity index is 0.00000256. The molecule has 1 aliphatic heterocycles. The van der Waals surface area contributed by atoms with E-state index < -0.39 is 12.1 Å². The van der Waals surface area contributed by atoms with E-state index in [1.165, 1.54) is 6.42 Å². The van der Waals surface area contributed by atoms with Gasteiger partial charge in [-0.1, -0.05) is 54.1 Å². The van der Waals surface area contributed by atoms with Crippen molar-refractivity contribution in [3.8, 4) is 11.3 Å². The minimum atomic E-state index is -0.506. The molecule has 2 aliphatic rings. The van der Waals surface area contributed by atoms with Crippen molar-refractivity contribution in [2.24, 2.45) is 11.7 Å². The third kappa shape index (κ3) is 4.82. The number of rotatable bonds is 5. The number of likely N-dealkylation sites (tertiary alicyclic amines) is 1. The zero-order chi connectivity index (χ0) is 20.2. The first-order chi connectivity index (χ1) is 14.1. The summed E-state index contributed by atoms with van der Waals surface area (Å²) >= 11 is 1.15. The van der Waals surface area contributed by atoms with Crippen molar-refractivity contribution in [3.05, 3.63) is 30.3 Å². The Morgan fingerprint density at radius 3 is 2.57 bits per heavy atom. The molecule has 2 unspecified atom stereocenters. The van der Waals surface area contributed by atoms with Gasteiger partial charge in [0, 0.05) is 23.6 Å². The van der Waals surface area contributed by atoms with Crippen molar-refractivity contribution in [2.45, 2.75) is 57.0 Å². The van der Waals surface area contributed by atoms with Crippen LogP contribution in [-0.2, 0) is 9.59 Å². The number of nitrogens with two attached hydrogens (primary N) is 1. The van der Waals surface area contributed by atoms with E-state index in [-0.39, 0.29) is 30.1 Å². The molecule has 9 heteroatoms. The molecular weight excluding hydrogens is 422 g/mol. The largest absolute Gasteiger partial charge is 0.329 e. The van der Waals surface area contributed by atoms with Gasteiger partial charge >= 0.3 is 0 Å². The monoisotopic (exact) mass is 449 g/mol. The molecule has 1 aromatic heterocycles. The minimum absolute atomic E-state index is 0. The average Bonchev–Trinajstić information content (AvgIpc) is 3.43. The quantitative estimate of drug-likeness (QED) is 0.727. The first kappa shape index (κ1) is 22.7. The molecule has 2 atom stereocenters. The van der Waals surface area contributed by atoms with E-state index in [1.807, 2.05) is 30.3 Å². The lowest BCUT2D eigenvalue weighted by Crippen LogP contribution is -2.52. The first-order valence-corrected chi connectivity index (χ1v) is 11.2. The highest BCUT2D eigenvalue weighted by atomic mass is 35.5. The van der Waals surface area contributed by atoms with E-state index in [0.717, 1.165) is 49.2 Å². The highest BCUT2D eigenvalue weighted by Crippen LogP contribution is 2.31. The number of aromatic nitrogens is 2. The van der Waals surface area contributed by atoms with Crippen LogP contribution in [0.3, 0.4) is 0 Å². The number of benzene rings is 1. The number of nitrogens with zero attached hydrogens (tertiary/aromatic N) is 3. The van der Waals surface area contributed by atoms with Crippen molar-refractivity contribution < 1.29 is 9.59 Å². The Morgan fingerprint density at radius 1 is 1.10 bits per heavy atom. The fourth-order valence-electron chi connectivity index (χ4n) is 4.44. The smallest absolute Gasteiger partial charge is 0.247 e. The fraction of sp³-hybridized carbons (Fsp3) is 0.524. The second kappa shape index (κ2) is 10.3. The van der Waals surface area contributed by atoms with Crippen LogP contribution in [0.25, 0.3) is 11.3 Å². The molecule has 30 heavy (non-hydrogen) atoms. The van der Waals surface area contributed by atoms with Crippen LogP contribution in [0, 0.1) is 5.92 Å². The van der Waals surface area contributed by atoms with Gasteiger partial charge in [0.25, 0.3) is 0 Å². The van der Waals surface area contributed by atoms with Crippen LogP contribution in [0.15, 0.2) is 30.3 Å². The maximum absolute atomic E-state index is 13.0. The summed E-state index contributed by atoms with van der Waals surface area (Å²) in [5.41, 5.74) is 7.88. The molecule has 2 heterocycles. The molecule has 1 aromatic carbocycles. The van der Waals surface area contributed by atoms with Gasteiger partial charge in [-0.3, -0.25) is 9.59 Å². The van der Waals surface area contributed by atoms with Crippen molar-refractivity contribution in [1.82, 2.24) is 14.5 Å². The van der Waals surface area contributed by atoms with Crippen LogP contribution in [0.1, 0.15) is 44.9 Å². The van der Waals surface area contributed by atoms with Gasteiger partial charge in [0.05, 0.1) is 6.04 Å². The highest BCUT2D eigenvalue weighted by Gasteiger charge is 2.38. The fourth-order valence-corrected chi connectivity index (χ4v) is 5.04. The number of anilines is 1. The Morgan fingerprint density at radius 2 is 1.83 bits per heavy atom. The van der Waals surface area contributed by atoms with Crippen molar-refractivity contribution in [3.63, 3.8) is 0 Å². The number of hydrogen-bond donors (Lipinski definition) is 2. The van der Waals surface area contributed by atoms with Gasteiger partial charge < -0.3 is 16.0 Å². The summed E-state index contributed by atoms with van der Waals surface area (Å²) in [6.07, 6.45) is 6.97. The minimum Gasteiger partial charge on any atom is -0.329 e. The third-order valence-corrected chi connectivity index (χ3v) is 6.69. The summed E-state index contributed by atoms with van der Waals surface area (Å²) in [5.74, 6) is -0.0360. The van der Waals surface area contributed by atoms with Gasteiger partial charge in [-0.2, -0.15) is 0 Å². The van der Waals surface area contributed by atoms with Crippen LogP contribution < -0.4 is 11.1 Å². The standard InChI is InChI=1S/C21H27N5O2S.ClH/c22-17(14-8-3-1-4-9-14)21(28)26-13-7-12-16(26)19(27)23-20-18(24-25-29-20)15-10-5-2-6-11-15;/h2,5-6,10-11,14,16-17H,1,3-4,7-9,12-13,22H2,(H,23,27);1H. The number of hydrogen-bond acceptors (Lipinski definition) is 6. The molecule has 0 bridgehead atoms. The Bertz CT molecular complexity index is 856. The molecule has 3 N–H and O–H groups in total. The maximum Gasteiger partial charge on any atom is 0.247 e. The Kier molecular flexibility index (Phi) is 7.80. The number of nitrogens with one attached hydrogen (secondary N) is 1. The van der Waals surface area contributed by atoms with Crippen LogP contribution >= 0.6 is 23.9 Å². The topological polar surface area (TPSA) is 101 Å². The lowest BCUT2D eigenvalue weighted by Gasteiger charge is -2.32. The maximum atomic E-state index is 13.0. The number of carbonyl (C=O) groups is 2. The second-order valence-corrected chi connectivity index (χ2v) is 8.67. The zero-order valence-electron chi connectivity index (χ0n) is 16.8. The summed E-state index contributed by atoms with van der Waals surface area (Å²) in [6, 6.07) is 8.65. The molecule has 1 saturated heterocycles. The summed E-state index contributed by atoms with van der Waals surface area (Å²) in [4.78, 5) is 27.8. The summed E-state index contributed by atoms with van der Waals surface area (Å²) < 4.78 is 4.00.